The van der Waals surface area contributed by atoms with E-state index >= 15 is 0 Å². The van der Waals surface area contributed by atoms with Crippen molar-refractivity contribution in [3.63, 3.8) is 0 Å². The highest BCUT2D eigenvalue weighted by molar-refractivity contribution is 6.75. The Kier molecular flexibility index (Phi) is 3.48. The minimum atomic E-state index is -1.41. The number of hydrogen-bond acceptors (Lipinski definition) is 3. The molecule has 5 heteroatoms. The van der Waals surface area contributed by atoms with Gasteiger partial charge in [0.2, 0.25) is 0 Å². The van der Waals surface area contributed by atoms with Crippen LogP contribution in [-0.2, 0) is 13.3 Å². The average Bonchev–Trinajstić information content (AvgIpc) is 1.74. The molecule has 1 heterocycles. The SMILES string of the molecule is C[SiH](OC1CCO1)O[Si](C)(C)C. The Morgan fingerprint density at radius 1 is 1.42 bits per heavy atom. The van der Waals surface area contributed by atoms with Gasteiger partial charge in [-0.1, -0.05) is 0 Å². The molecule has 1 saturated heterocycles. The van der Waals surface area contributed by atoms with Crippen LogP contribution >= 0.6 is 0 Å². The van der Waals surface area contributed by atoms with Gasteiger partial charge in [-0.15, -0.1) is 0 Å². The second kappa shape index (κ2) is 4.01. The predicted molar refractivity (Wildman–Crippen MR) is 52.9 cm³/mol. The summed E-state index contributed by atoms with van der Waals surface area (Å²) in [6, 6.07) is 0. The van der Waals surface area contributed by atoms with E-state index in [0.717, 1.165) is 13.0 Å². The lowest BCUT2D eigenvalue weighted by atomic mass is 10.4. The van der Waals surface area contributed by atoms with Gasteiger partial charge in [0.15, 0.2) is 14.6 Å². The van der Waals surface area contributed by atoms with Crippen LogP contribution in [0.5, 0.6) is 0 Å². The van der Waals surface area contributed by atoms with Crippen LogP contribution < -0.4 is 0 Å². The second-order valence-corrected chi connectivity index (χ2v) is 10.6. The van der Waals surface area contributed by atoms with Crippen LogP contribution in [0.15, 0.2) is 0 Å². The Hall–Kier alpha value is 0.314. The van der Waals surface area contributed by atoms with E-state index in [0.29, 0.717) is 0 Å². The van der Waals surface area contributed by atoms with Crippen LogP contribution in [0.25, 0.3) is 0 Å². The molecule has 12 heavy (non-hydrogen) atoms. The lowest BCUT2D eigenvalue weighted by molar-refractivity contribution is -0.172. The summed E-state index contributed by atoms with van der Waals surface area (Å²) in [5.74, 6) is 0. The number of rotatable bonds is 4. The van der Waals surface area contributed by atoms with Gasteiger partial charge in [-0.05, 0) is 26.2 Å². The topological polar surface area (TPSA) is 27.7 Å². The summed E-state index contributed by atoms with van der Waals surface area (Å²) in [4.78, 5) is 0. The van der Waals surface area contributed by atoms with Crippen molar-refractivity contribution in [3.8, 4) is 0 Å². The smallest absolute Gasteiger partial charge is 0.310 e. The molecule has 0 aromatic carbocycles. The van der Waals surface area contributed by atoms with Gasteiger partial charge in [0, 0.05) is 6.42 Å². The first-order valence-electron chi connectivity index (χ1n) is 4.42. The molecule has 0 saturated carbocycles. The van der Waals surface area contributed by atoms with Gasteiger partial charge < -0.3 is 13.3 Å². The third-order valence-electron chi connectivity index (χ3n) is 1.52. The van der Waals surface area contributed by atoms with Crippen molar-refractivity contribution in [1.82, 2.24) is 0 Å². The van der Waals surface area contributed by atoms with Crippen molar-refractivity contribution >= 4 is 17.6 Å². The monoisotopic (exact) mass is 206 g/mol. The van der Waals surface area contributed by atoms with Crippen LogP contribution in [0.3, 0.4) is 0 Å². The van der Waals surface area contributed by atoms with Crippen LogP contribution in [0.2, 0.25) is 26.2 Å². The molecule has 0 spiro atoms. The fourth-order valence-electron chi connectivity index (χ4n) is 1.06. The summed E-state index contributed by atoms with van der Waals surface area (Å²) in [7, 11) is -2.81. The predicted octanol–water partition coefficient (Wildman–Crippen LogP) is 1.45. The lowest BCUT2D eigenvalue weighted by Gasteiger charge is -2.31. The van der Waals surface area contributed by atoms with Gasteiger partial charge in [-0.2, -0.15) is 0 Å². The molecule has 3 nitrogen and oxygen atoms in total. The van der Waals surface area contributed by atoms with Gasteiger partial charge in [0.25, 0.3) is 0 Å². The maximum atomic E-state index is 5.82. The van der Waals surface area contributed by atoms with Gasteiger partial charge in [-0.25, -0.2) is 0 Å². The number of ether oxygens (including phenoxy) is 1. The van der Waals surface area contributed by atoms with Crippen LogP contribution in [0, 0.1) is 0 Å². The van der Waals surface area contributed by atoms with Crippen molar-refractivity contribution in [2.24, 2.45) is 0 Å². The van der Waals surface area contributed by atoms with Crippen molar-refractivity contribution in [2.45, 2.75) is 38.9 Å². The molecule has 72 valence electrons. The fraction of sp³-hybridized carbons (Fsp3) is 1.00. The first-order valence-corrected chi connectivity index (χ1v) is 9.93. The molecule has 0 bridgehead atoms. The van der Waals surface area contributed by atoms with Gasteiger partial charge in [-0.3, -0.25) is 0 Å². The molecule has 1 aliphatic heterocycles. The highest BCUT2D eigenvalue weighted by Crippen LogP contribution is 2.15. The average molecular weight is 206 g/mol. The summed E-state index contributed by atoms with van der Waals surface area (Å²) < 4.78 is 16.6. The highest BCUT2D eigenvalue weighted by Gasteiger charge is 2.26. The molecule has 2 atom stereocenters. The fourth-order valence-corrected chi connectivity index (χ4v) is 5.91. The van der Waals surface area contributed by atoms with E-state index < -0.39 is 17.6 Å². The zero-order chi connectivity index (χ0) is 9.19. The zero-order valence-corrected chi connectivity index (χ0v) is 10.4. The first-order chi connectivity index (χ1) is 5.47. The van der Waals surface area contributed by atoms with Crippen molar-refractivity contribution in [2.75, 3.05) is 6.61 Å². The van der Waals surface area contributed by atoms with Crippen molar-refractivity contribution < 1.29 is 13.3 Å². The van der Waals surface area contributed by atoms with E-state index in [-0.39, 0.29) is 6.29 Å². The summed E-state index contributed by atoms with van der Waals surface area (Å²) in [5.41, 5.74) is 0. The molecule has 0 amide bonds. The largest absolute Gasteiger partial charge is 0.438 e. The normalized spacial score (nSPS) is 26.5. The molecule has 0 aromatic heterocycles. The molecule has 0 N–H and O–H groups in total. The molecule has 1 fully saturated rings. The van der Waals surface area contributed by atoms with Crippen LogP contribution in [-0.4, -0.2) is 30.5 Å². The van der Waals surface area contributed by atoms with Gasteiger partial charge in [0.05, 0.1) is 6.61 Å². The van der Waals surface area contributed by atoms with E-state index in [1.807, 2.05) is 0 Å². The Morgan fingerprint density at radius 3 is 2.33 bits per heavy atom. The maximum absolute atomic E-state index is 5.82. The molecule has 0 aromatic rings. The molecule has 0 radical (unpaired) electrons. The Morgan fingerprint density at radius 2 is 2.00 bits per heavy atom. The summed E-state index contributed by atoms with van der Waals surface area (Å²) in [6.07, 6.45) is 1.08. The minimum Gasteiger partial charge on any atom is -0.438 e. The van der Waals surface area contributed by atoms with E-state index in [1.165, 1.54) is 0 Å². The maximum Gasteiger partial charge on any atom is 0.310 e. The molecule has 1 aliphatic rings. The summed E-state index contributed by atoms with van der Waals surface area (Å²) >= 11 is 0. The van der Waals surface area contributed by atoms with Crippen LogP contribution in [0.4, 0.5) is 0 Å². The van der Waals surface area contributed by atoms with E-state index in [1.54, 1.807) is 0 Å². The standard InChI is InChI=1S/C7H18O3Si2/c1-11(10-12(2,3)4)9-7-5-6-8-7/h7,11H,5-6H2,1-4H3. The molecule has 2 unspecified atom stereocenters. The Balaban J connectivity index is 2.14. The third kappa shape index (κ3) is 3.82. The van der Waals surface area contributed by atoms with Gasteiger partial charge in [0.1, 0.15) is 0 Å². The van der Waals surface area contributed by atoms with Crippen molar-refractivity contribution in [3.05, 3.63) is 0 Å². The third-order valence-corrected chi connectivity index (χ3v) is 6.36. The lowest BCUT2D eigenvalue weighted by Crippen LogP contribution is -2.41. The quantitative estimate of drug-likeness (QED) is 0.652. The Labute approximate surface area is 77.0 Å². The minimum absolute atomic E-state index is 0.0445. The molecular weight excluding hydrogens is 188 g/mol. The van der Waals surface area contributed by atoms with Crippen LogP contribution in [0.1, 0.15) is 6.42 Å². The van der Waals surface area contributed by atoms with E-state index in [4.69, 9.17) is 13.3 Å². The van der Waals surface area contributed by atoms with E-state index in [9.17, 15) is 0 Å². The van der Waals surface area contributed by atoms with Gasteiger partial charge >= 0.3 is 9.28 Å². The Bertz CT molecular complexity index is 142. The molecule has 0 aliphatic carbocycles. The number of hydrogen-bond donors (Lipinski definition) is 0. The second-order valence-electron chi connectivity index (χ2n) is 4.02. The summed E-state index contributed by atoms with van der Waals surface area (Å²) in [5, 5.41) is 0. The zero-order valence-electron chi connectivity index (χ0n) is 8.29. The molecular formula is C7H18O3Si2. The van der Waals surface area contributed by atoms with E-state index in [2.05, 4.69) is 26.2 Å². The first kappa shape index (κ1) is 10.4. The molecule has 1 rings (SSSR count). The van der Waals surface area contributed by atoms with Crippen molar-refractivity contribution in [1.29, 1.82) is 0 Å². The summed E-state index contributed by atoms with van der Waals surface area (Å²) in [6.45, 7) is 9.46. The highest BCUT2D eigenvalue weighted by atomic mass is 28.4.